The van der Waals surface area contributed by atoms with E-state index in [1.54, 1.807) is 0 Å². The lowest BCUT2D eigenvalue weighted by Gasteiger charge is -2.23. The molecular formula is C17H21N3O. The van der Waals surface area contributed by atoms with Gasteiger partial charge in [-0.2, -0.15) is 0 Å². The van der Waals surface area contributed by atoms with E-state index in [1.807, 2.05) is 24.3 Å². The van der Waals surface area contributed by atoms with E-state index in [-0.39, 0.29) is 5.84 Å². The molecule has 4 nitrogen and oxygen atoms in total. The van der Waals surface area contributed by atoms with Crippen molar-refractivity contribution in [2.24, 2.45) is 10.9 Å². The molecule has 0 aliphatic carbocycles. The fraction of sp³-hybridized carbons (Fsp3) is 0.235. The van der Waals surface area contributed by atoms with Gasteiger partial charge >= 0.3 is 0 Å². The topological polar surface area (TPSA) is 61.8 Å². The lowest BCUT2D eigenvalue weighted by atomic mass is 10.1. The van der Waals surface area contributed by atoms with E-state index < -0.39 is 0 Å². The molecule has 2 aromatic carbocycles. The third kappa shape index (κ3) is 3.75. The van der Waals surface area contributed by atoms with Crippen LogP contribution in [-0.4, -0.2) is 17.6 Å². The van der Waals surface area contributed by atoms with Gasteiger partial charge in [-0.15, -0.1) is 0 Å². The summed E-state index contributed by atoms with van der Waals surface area (Å²) in [5.74, 6) is 0.134. The molecule has 0 saturated heterocycles. The van der Waals surface area contributed by atoms with E-state index in [1.165, 1.54) is 11.3 Å². The number of amidine groups is 1. The van der Waals surface area contributed by atoms with E-state index in [0.29, 0.717) is 0 Å². The van der Waals surface area contributed by atoms with E-state index >= 15 is 0 Å². The minimum atomic E-state index is 0.134. The zero-order chi connectivity index (χ0) is 15.2. The summed E-state index contributed by atoms with van der Waals surface area (Å²) in [6.45, 7) is 5.91. The average Bonchev–Trinajstić information content (AvgIpc) is 2.53. The van der Waals surface area contributed by atoms with Gasteiger partial charge in [0.15, 0.2) is 5.84 Å². The average molecular weight is 283 g/mol. The van der Waals surface area contributed by atoms with Gasteiger partial charge in [0, 0.05) is 24.3 Å². The third-order valence-electron chi connectivity index (χ3n) is 3.48. The normalized spacial score (nSPS) is 11.4. The predicted molar refractivity (Wildman–Crippen MR) is 86.9 cm³/mol. The van der Waals surface area contributed by atoms with Crippen LogP contribution in [0.3, 0.4) is 0 Å². The third-order valence-corrected chi connectivity index (χ3v) is 3.48. The SMILES string of the molecule is CCN(Cc1cccc(C(N)=NO)c1)c1ccc(C)cc1. The molecule has 0 radical (unpaired) electrons. The van der Waals surface area contributed by atoms with Crippen LogP contribution in [0.5, 0.6) is 0 Å². The molecule has 4 heteroatoms. The van der Waals surface area contributed by atoms with Crippen molar-refractivity contribution in [1.29, 1.82) is 0 Å². The van der Waals surface area contributed by atoms with Crippen molar-refractivity contribution >= 4 is 11.5 Å². The summed E-state index contributed by atoms with van der Waals surface area (Å²) in [5.41, 5.74) is 9.94. The summed E-state index contributed by atoms with van der Waals surface area (Å²) in [5, 5.41) is 11.8. The highest BCUT2D eigenvalue weighted by Crippen LogP contribution is 2.18. The lowest BCUT2D eigenvalue weighted by Crippen LogP contribution is -2.22. The van der Waals surface area contributed by atoms with Crippen LogP contribution in [0.15, 0.2) is 53.7 Å². The molecule has 21 heavy (non-hydrogen) atoms. The van der Waals surface area contributed by atoms with Gasteiger partial charge in [-0.05, 0) is 37.6 Å². The lowest BCUT2D eigenvalue weighted by molar-refractivity contribution is 0.318. The highest BCUT2D eigenvalue weighted by molar-refractivity contribution is 5.97. The Labute approximate surface area is 125 Å². The van der Waals surface area contributed by atoms with Gasteiger partial charge in [-0.1, -0.05) is 41.1 Å². The number of benzene rings is 2. The minimum Gasteiger partial charge on any atom is -0.409 e. The summed E-state index contributed by atoms with van der Waals surface area (Å²) < 4.78 is 0. The van der Waals surface area contributed by atoms with Crippen LogP contribution in [0.4, 0.5) is 5.69 Å². The first kappa shape index (κ1) is 14.9. The Morgan fingerprint density at radius 3 is 2.52 bits per heavy atom. The molecule has 0 fully saturated rings. The number of nitrogens with zero attached hydrogens (tertiary/aromatic N) is 2. The molecule has 0 bridgehead atoms. The van der Waals surface area contributed by atoms with Crippen LogP contribution < -0.4 is 10.6 Å². The van der Waals surface area contributed by atoms with E-state index in [2.05, 4.69) is 48.2 Å². The van der Waals surface area contributed by atoms with Crippen LogP contribution in [0.25, 0.3) is 0 Å². The maximum Gasteiger partial charge on any atom is 0.170 e. The molecule has 0 aliphatic heterocycles. The molecule has 0 saturated carbocycles. The van der Waals surface area contributed by atoms with Crippen molar-refractivity contribution < 1.29 is 5.21 Å². The molecule has 3 N–H and O–H groups in total. The Kier molecular flexibility index (Phi) is 4.82. The summed E-state index contributed by atoms with van der Waals surface area (Å²) >= 11 is 0. The summed E-state index contributed by atoms with van der Waals surface area (Å²) in [6.07, 6.45) is 0. The number of anilines is 1. The molecule has 0 aliphatic rings. The van der Waals surface area contributed by atoms with Crippen LogP contribution >= 0.6 is 0 Å². The van der Waals surface area contributed by atoms with Crippen molar-refractivity contribution in [1.82, 2.24) is 0 Å². The van der Waals surface area contributed by atoms with Crippen LogP contribution in [0.1, 0.15) is 23.6 Å². The molecule has 2 aromatic rings. The smallest absolute Gasteiger partial charge is 0.170 e. The van der Waals surface area contributed by atoms with Gasteiger partial charge in [-0.25, -0.2) is 0 Å². The van der Waals surface area contributed by atoms with Gasteiger partial charge in [0.05, 0.1) is 0 Å². The molecule has 0 spiro atoms. The van der Waals surface area contributed by atoms with Crippen molar-refractivity contribution in [3.8, 4) is 0 Å². The molecular weight excluding hydrogens is 262 g/mol. The summed E-state index contributed by atoms with van der Waals surface area (Å²) in [4.78, 5) is 2.28. The fourth-order valence-electron chi connectivity index (χ4n) is 2.25. The molecule has 110 valence electrons. The molecule has 0 aromatic heterocycles. The van der Waals surface area contributed by atoms with Crippen molar-refractivity contribution in [2.45, 2.75) is 20.4 Å². The number of hydrogen-bond donors (Lipinski definition) is 2. The zero-order valence-corrected chi connectivity index (χ0v) is 12.5. The number of oxime groups is 1. The molecule has 2 rings (SSSR count). The first-order chi connectivity index (χ1) is 10.1. The van der Waals surface area contributed by atoms with E-state index in [9.17, 15) is 0 Å². The Morgan fingerprint density at radius 1 is 1.19 bits per heavy atom. The quantitative estimate of drug-likeness (QED) is 0.383. The Bertz CT molecular complexity index is 620. The minimum absolute atomic E-state index is 0.134. The van der Waals surface area contributed by atoms with Crippen molar-refractivity contribution in [2.75, 3.05) is 11.4 Å². The van der Waals surface area contributed by atoms with Gasteiger partial charge in [0.25, 0.3) is 0 Å². The summed E-state index contributed by atoms with van der Waals surface area (Å²) in [7, 11) is 0. The standard InChI is InChI=1S/C17H21N3O/c1-3-20(16-9-7-13(2)8-10-16)12-14-5-4-6-15(11-14)17(18)19-21/h4-11,21H,3,12H2,1-2H3,(H2,18,19). The summed E-state index contributed by atoms with van der Waals surface area (Å²) in [6, 6.07) is 16.2. The largest absolute Gasteiger partial charge is 0.409 e. The van der Waals surface area contributed by atoms with E-state index in [4.69, 9.17) is 10.9 Å². The van der Waals surface area contributed by atoms with Gasteiger partial charge < -0.3 is 15.8 Å². The van der Waals surface area contributed by atoms with E-state index in [0.717, 1.165) is 24.2 Å². The monoisotopic (exact) mass is 283 g/mol. The molecule has 0 atom stereocenters. The highest BCUT2D eigenvalue weighted by Gasteiger charge is 2.07. The second-order valence-corrected chi connectivity index (χ2v) is 5.04. The van der Waals surface area contributed by atoms with Crippen LogP contribution in [0, 0.1) is 6.92 Å². The second-order valence-electron chi connectivity index (χ2n) is 5.04. The van der Waals surface area contributed by atoms with Gasteiger partial charge in [-0.3, -0.25) is 0 Å². The Morgan fingerprint density at radius 2 is 1.90 bits per heavy atom. The van der Waals surface area contributed by atoms with Crippen LogP contribution in [0.2, 0.25) is 0 Å². The molecule has 0 heterocycles. The Balaban J connectivity index is 2.20. The van der Waals surface area contributed by atoms with Crippen molar-refractivity contribution in [3.05, 3.63) is 65.2 Å². The molecule has 0 unspecified atom stereocenters. The highest BCUT2D eigenvalue weighted by atomic mass is 16.4. The maximum absolute atomic E-state index is 8.76. The predicted octanol–water partition coefficient (Wildman–Crippen LogP) is 3.12. The second kappa shape index (κ2) is 6.79. The van der Waals surface area contributed by atoms with Gasteiger partial charge in [0.2, 0.25) is 0 Å². The number of hydrogen-bond acceptors (Lipinski definition) is 3. The fourth-order valence-corrected chi connectivity index (χ4v) is 2.25. The first-order valence-corrected chi connectivity index (χ1v) is 7.02. The number of aryl methyl sites for hydroxylation is 1. The van der Waals surface area contributed by atoms with Crippen LogP contribution in [-0.2, 0) is 6.54 Å². The zero-order valence-electron chi connectivity index (χ0n) is 12.5. The van der Waals surface area contributed by atoms with Gasteiger partial charge in [0.1, 0.15) is 0 Å². The first-order valence-electron chi connectivity index (χ1n) is 7.02. The number of rotatable bonds is 5. The van der Waals surface area contributed by atoms with Crippen molar-refractivity contribution in [3.63, 3.8) is 0 Å². The Hall–Kier alpha value is -2.49. The number of nitrogens with two attached hydrogens (primary N) is 1. The maximum atomic E-state index is 8.76. The molecule has 0 amide bonds.